The van der Waals surface area contributed by atoms with E-state index in [0.717, 1.165) is 0 Å². The molecule has 0 aromatic carbocycles. The van der Waals surface area contributed by atoms with E-state index >= 15 is 0 Å². The number of rotatable bonds is 8. The predicted molar refractivity (Wildman–Crippen MR) is 99.8 cm³/mol. The monoisotopic (exact) mass is 387 g/mol. The molecule has 0 unspecified atom stereocenters. The first-order chi connectivity index (χ1) is 12.3. The van der Waals surface area contributed by atoms with Crippen molar-refractivity contribution in [2.24, 2.45) is 5.92 Å². The van der Waals surface area contributed by atoms with Gasteiger partial charge in [0.15, 0.2) is 0 Å². The Kier molecular flexibility index (Phi) is 9.82. The Morgan fingerprint density at radius 3 is 1.85 bits per heavy atom. The van der Waals surface area contributed by atoms with E-state index in [2.05, 4.69) is 16.0 Å². The number of hydrogen-bond donors (Lipinski definition) is 3. The van der Waals surface area contributed by atoms with Gasteiger partial charge in [0.25, 0.3) is 0 Å². The van der Waals surface area contributed by atoms with Gasteiger partial charge < -0.3 is 25.4 Å². The van der Waals surface area contributed by atoms with Crippen LogP contribution in [-0.2, 0) is 23.9 Å². The Morgan fingerprint density at radius 2 is 1.41 bits per heavy atom. The highest BCUT2D eigenvalue weighted by atomic mass is 16.6. The Hall–Kier alpha value is -2.32. The molecule has 3 atom stereocenters. The third-order valence-corrected chi connectivity index (χ3v) is 3.37. The van der Waals surface area contributed by atoms with Crippen molar-refractivity contribution in [1.82, 2.24) is 16.0 Å². The zero-order valence-corrected chi connectivity index (χ0v) is 17.5. The van der Waals surface area contributed by atoms with Gasteiger partial charge in [-0.2, -0.15) is 0 Å². The minimum atomic E-state index is -0.906. The lowest BCUT2D eigenvalue weighted by molar-refractivity contribution is -0.147. The lowest BCUT2D eigenvalue weighted by atomic mass is 10.0. The lowest BCUT2D eigenvalue weighted by Crippen LogP contribution is -2.56. The molecule has 0 aromatic heterocycles. The molecule has 156 valence electrons. The van der Waals surface area contributed by atoms with Crippen molar-refractivity contribution in [3.63, 3.8) is 0 Å². The molecule has 0 aromatic rings. The normalized spacial score (nSPS) is 14.6. The predicted octanol–water partition coefficient (Wildman–Crippen LogP) is 1.11. The first-order valence-electron chi connectivity index (χ1n) is 9.05. The third kappa shape index (κ3) is 9.81. The largest absolute Gasteiger partial charge is 0.464 e. The Bertz CT molecular complexity index is 542. The maximum atomic E-state index is 12.4. The van der Waals surface area contributed by atoms with Crippen LogP contribution in [-0.4, -0.2) is 54.2 Å². The number of alkyl carbamates (subject to hydrolysis) is 1. The van der Waals surface area contributed by atoms with Crippen molar-refractivity contribution in [3.8, 4) is 0 Å². The zero-order valence-electron chi connectivity index (χ0n) is 17.5. The zero-order chi connectivity index (χ0) is 21.4. The molecule has 0 aliphatic carbocycles. The molecule has 0 fully saturated rings. The van der Waals surface area contributed by atoms with Crippen molar-refractivity contribution in [1.29, 1.82) is 0 Å². The van der Waals surface area contributed by atoms with Gasteiger partial charge in [0.1, 0.15) is 23.7 Å². The first kappa shape index (κ1) is 24.7. The van der Waals surface area contributed by atoms with Crippen LogP contribution in [0.25, 0.3) is 0 Å². The van der Waals surface area contributed by atoms with Crippen LogP contribution in [0.15, 0.2) is 0 Å². The lowest BCUT2D eigenvalue weighted by Gasteiger charge is -2.26. The number of carbonyl (C=O) groups is 4. The third-order valence-electron chi connectivity index (χ3n) is 3.37. The van der Waals surface area contributed by atoms with Crippen molar-refractivity contribution in [2.45, 2.75) is 79.1 Å². The smallest absolute Gasteiger partial charge is 0.408 e. The van der Waals surface area contributed by atoms with E-state index in [9.17, 15) is 19.2 Å². The maximum absolute atomic E-state index is 12.4. The maximum Gasteiger partial charge on any atom is 0.408 e. The average Bonchev–Trinajstić information content (AvgIpc) is 2.49. The van der Waals surface area contributed by atoms with E-state index in [1.807, 2.05) is 0 Å². The van der Waals surface area contributed by atoms with E-state index in [-0.39, 0.29) is 12.5 Å². The topological polar surface area (TPSA) is 123 Å². The molecule has 0 aliphatic rings. The van der Waals surface area contributed by atoms with Crippen molar-refractivity contribution in [2.75, 3.05) is 6.61 Å². The first-order valence-corrected chi connectivity index (χ1v) is 9.05. The summed E-state index contributed by atoms with van der Waals surface area (Å²) in [6.45, 7) is 13.5. The summed E-state index contributed by atoms with van der Waals surface area (Å²) in [5, 5.41) is 7.53. The van der Waals surface area contributed by atoms with Gasteiger partial charge in [0.2, 0.25) is 11.8 Å². The minimum absolute atomic E-state index is 0.206. The van der Waals surface area contributed by atoms with Gasteiger partial charge in [0, 0.05) is 0 Å². The molecule has 9 nitrogen and oxygen atoms in total. The van der Waals surface area contributed by atoms with Crippen LogP contribution in [0.2, 0.25) is 0 Å². The molecule has 0 aliphatic heterocycles. The number of hydrogen-bond acceptors (Lipinski definition) is 6. The quantitative estimate of drug-likeness (QED) is 0.536. The molecule has 0 saturated carbocycles. The van der Waals surface area contributed by atoms with Crippen LogP contribution in [0, 0.1) is 5.92 Å². The van der Waals surface area contributed by atoms with E-state index in [4.69, 9.17) is 9.47 Å². The molecule has 0 rings (SSSR count). The van der Waals surface area contributed by atoms with Crippen molar-refractivity contribution >= 4 is 23.9 Å². The number of carbonyl (C=O) groups excluding carboxylic acids is 4. The van der Waals surface area contributed by atoms with Gasteiger partial charge >= 0.3 is 12.1 Å². The van der Waals surface area contributed by atoms with Gasteiger partial charge in [-0.05, 0) is 47.5 Å². The minimum Gasteiger partial charge on any atom is -0.464 e. The SMILES string of the molecule is CCOC(=O)[C@H](C)NC(=O)[C@@H](NC(=O)[C@H](C)NC(=O)OC(C)(C)C)C(C)C. The molecule has 0 radical (unpaired) electrons. The van der Waals surface area contributed by atoms with Gasteiger partial charge in [-0.1, -0.05) is 13.8 Å². The fourth-order valence-corrected chi connectivity index (χ4v) is 1.99. The fourth-order valence-electron chi connectivity index (χ4n) is 1.99. The van der Waals surface area contributed by atoms with Crippen LogP contribution < -0.4 is 16.0 Å². The molecular weight excluding hydrogens is 354 g/mol. The second-order valence-corrected chi connectivity index (χ2v) is 7.58. The number of esters is 1. The molecule has 27 heavy (non-hydrogen) atoms. The average molecular weight is 387 g/mol. The second kappa shape index (κ2) is 10.7. The summed E-state index contributed by atoms with van der Waals surface area (Å²) in [6, 6.07) is -2.62. The highest BCUT2D eigenvalue weighted by Crippen LogP contribution is 2.07. The molecule has 3 N–H and O–H groups in total. The molecule has 0 spiro atoms. The van der Waals surface area contributed by atoms with Crippen LogP contribution >= 0.6 is 0 Å². The van der Waals surface area contributed by atoms with E-state index in [0.29, 0.717) is 0 Å². The molecule has 0 saturated heterocycles. The Morgan fingerprint density at radius 1 is 0.852 bits per heavy atom. The Labute approximate surface area is 160 Å². The van der Waals surface area contributed by atoms with E-state index in [1.165, 1.54) is 13.8 Å². The van der Waals surface area contributed by atoms with E-state index in [1.54, 1.807) is 41.5 Å². The summed E-state index contributed by atoms with van der Waals surface area (Å²) < 4.78 is 9.94. The van der Waals surface area contributed by atoms with Gasteiger partial charge in [-0.3, -0.25) is 9.59 Å². The summed E-state index contributed by atoms with van der Waals surface area (Å²) in [4.78, 5) is 48.2. The molecule has 9 heteroatoms. The number of ether oxygens (including phenoxy) is 2. The van der Waals surface area contributed by atoms with Crippen LogP contribution in [0.3, 0.4) is 0 Å². The van der Waals surface area contributed by atoms with Crippen molar-refractivity contribution < 1.29 is 28.7 Å². The molecule has 0 bridgehead atoms. The molecule has 3 amide bonds. The highest BCUT2D eigenvalue weighted by molar-refractivity contribution is 5.92. The highest BCUT2D eigenvalue weighted by Gasteiger charge is 2.29. The van der Waals surface area contributed by atoms with Gasteiger partial charge in [0.05, 0.1) is 6.61 Å². The van der Waals surface area contributed by atoms with Crippen LogP contribution in [0.5, 0.6) is 0 Å². The van der Waals surface area contributed by atoms with Crippen molar-refractivity contribution in [3.05, 3.63) is 0 Å². The summed E-state index contributed by atoms with van der Waals surface area (Å²) in [5.41, 5.74) is -0.691. The fraction of sp³-hybridized carbons (Fsp3) is 0.778. The summed E-state index contributed by atoms with van der Waals surface area (Å²) >= 11 is 0. The van der Waals surface area contributed by atoms with Gasteiger partial charge in [-0.15, -0.1) is 0 Å². The van der Waals surface area contributed by atoms with Gasteiger partial charge in [-0.25, -0.2) is 9.59 Å². The van der Waals surface area contributed by atoms with E-state index < -0.39 is 47.6 Å². The summed E-state index contributed by atoms with van der Waals surface area (Å²) in [5.74, 6) is -1.85. The standard InChI is InChI=1S/C18H33N3O6/c1-9-26-16(24)12(5)19-15(23)13(10(2)3)21-14(22)11(4)20-17(25)27-18(6,7)8/h10-13H,9H2,1-8H3,(H,19,23)(H,20,25)(H,21,22)/t11-,12-,13-/m0/s1. The summed E-state index contributed by atoms with van der Waals surface area (Å²) in [6.07, 6.45) is -0.730. The summed E-state index contributed by atoms with van der Waals surface area (Å²) in [7, 11) is 0. The Balaban J connectivity index is 4.84. The molecular formula is C18H33N3O6. The second-order valence-electron chi connectivity index (χ2n) is 7.58. The number of amides is 3. The number of nitrogens with one attached hydrogen (secondary N) is 3. The van der Waals surface area contributed by atoms with Crippen LogP contribution in [0.1, 0.15) is 55.4 Å². The van der Waals surface area contributed by atoms with Crippen LogP contribution in [0.4, 0.5) is 4.79 Å². The molecule has 0 heterocycles.